The monoisotopic (exact) mass is 285 g/mol. The van der Waals surface area contributed by atoms with E-state index < -0.39 is 0 Å². The van der Waals surface area contributed by atoms with Gasteiger partial charge in [-0.25, -0.2) is 0 Å². The quantitative estimate of drug-likeness (QED) is 0.781. The first-order valence-electron chi connectivity index (χ1n) is 7.91. The number of carbonyl (C=O) groups excluding carboxylic acids is 1. The molecule has 2 fully saturated rings. The van der Waals surface area contributed by atoms with Gasteiger partial charge in [-0.15, -0.1) is 0 Å². The first-order valence-corrected chi connectivity index (χ1v) is 7.91. The van der Waals surface area contributed by atoms with Gasteiger partial charge in [0.25, 0.3) is 0 Å². The summed E-state index contributed by atoms with van der Waals surface area (Å²) in [7, 11) is 0. The Bertz CT molecular complexity index is 523. The molecule has 112 valence electrons. The minimum Gasteiger partial charge on any atom is -0.376 e. The van der Waals surface area contributed by atoms with E-state index >= 15 is 0 Å². The molecule has 21 heavy (non-hydrogen) atoms. The summed E-state index contributed by atoms with van der Waals surface area (Å²) in [5, 5.41) is 0. The van der Waals surface area contributed by atoms with E-state index in [0.717, 1.165) is 43.6 Å². The van der Waals surface area contributed by atoms with E-state index in [4.69, 9.17) is 4.74 Å². The predicted molar refractivity (Wildman–Crippen MR) is 83.8 cm³/mol. The number of ether oxygens (including phenoxy) is 1. The zero-order valence-electron chi connectivity index (χ0n) is 12.6. The smallest absolute Gasteiger partial charge is 0.247 e. The molecular weight excluding hydrogens is 262 g/mol. The van der Waals surface area contributed by atoms with Gasteiger partial charge in [-0.1, -0.05) is 30.3 Å². The molecule has 2 aliphatic rings. The normalized spacial score (nSPS) is 26.3. The first-order chi connectivity index (χ1) is 10.3. The zero-order chi connectivity index (χ0) is 14.7. The first kappa shape index (κ1) is 14.3. The number of rotatable bonds is 2. The van der Waals surface area contributed by atoms with E-state index in [1.165, 1.54) is 6.42 Å². The number of hydrogen-bond acceptors (Lipinski definition) is 2. The lowest BCUT2D eigenvalue weighted by Gasteiger charge is -2.29. The van der Waals surface area contributed by atoms with Crippen LogP contribution in [-0.2, 0) is 9.53 Å². The molecular formula is C18H23NO2. The maximum absolute atomic E-state index is 12.7. The Morgan fingerprint density at radius 2 is 2.05 bits per heavy atom. The zero-order valence-corrected chi connectivity index (χ0v) is 12.6. The fourth-order valence-corrected chi connectivity index (χ4v) is 3.42. The van der Waals surface area contributed by atoms with Gasteiger partial charge in [0.05, 0.1) is 12.1 Å². The molecule has 3 heteroatoms. The van der Waals surface area contributed by atoms with Crippen LogP contribution in [-0.4, -0.2) is 36.1 Å². The number of benzene rings is 1. The SMILES string of the molecule is C/C(=C\C(=O)N1CCCO[C@@H]2CCC[C@@H]21)c1ccccc1. The highest BCUT2D eigenvalue weighted by atomic mass is 16.5. The van der Waals surface area contributed by atoms with Crippen molar-refractivity contribution in [3.63, 3.8) is 0 Å². The van der Waals surface area contributed by atoms with Gasteiger partial charge >= 0.3 is 0 Å². The van der Waals surface area contributed by atoms with Crippen molar-refractivity contribution in [2.24, 2.45) is 0 Å². The van der Waals surface area contributed by atoms with Crippen LogP contribution in [0, 0.1) is 0 Å². The van der Waals surface area contributed by atoms with Crippen molar-refractivity contribution in [1.82, 2.24) is 4.90 Å². The third kappa shape index (κ3) is 3.18. The highest BCUT2D eigenvalue weighted by Gasteiger charge is 2.36. The largest absolute Gasteiger partial charge is 0.376 e. The van der Waals surface area contributed by atoms with Crippen LogP contribution < -0.4 is 0 Å². The van der Waals surface area contributed by atoms with E-state index in [1.54, 1.807) is 6.08 Å². The standard InChI is InChI=1S/C18H23NO2/c1-14(15-7-3-2-4-8-15)13-18(20)19-11-6-12-21-17-10-5-9-16(17)19/h2-4,7-8,13,16-17H,5-6,9-12H2,1H3/b14-13+/t16-,17+/m0/s1. The second-order valence-corrected chi connectivity index (χ2v) is 5.99. The number of amides is 1. The van der Waals surface area contributed by atoms with E-state index in [2.05, 4.69) is 0 Å². The van der Waals surface area contributed by atoms with Crippen LogP contribution in [0.4, 0.5) is 0 Å². The minimum absolute atomic E-state index is 0.138. The average molecular weight is 285 g/mol. The fourth-order valence-electron chi connectivity index (χ4n) is 3.42. The number of carbonyl (C=O) groups is 1. The van der Waals surface area contributed by atoms with Gasteiger partial charge in [-0.2, -0.15) is 0 Å². The molecule has 1 saturated carbocycles. The molecule has 0 N–H and O–H groups in total. The Hall–Kier alpha value is -1.61. The summed E-state index contributed by atoms with van der Waals surface area (Å²) in [4.78, 5) is 14.7. The Morgan fingerprint density at radius 1 is 1.24 bits per heavy atom. The molecule has 1 aromatic carbocycles. The van der Waals surface area contributed by atoms with Crippen LogP contribution in [0.2, 0.25) is 0 Å². The van der Waals surface area contributed by atoms with E-state index in [9.17, 15) is 4.79 Å². The maximum atomic E-state index is 12.7. The topological polar surface area (TPSA) is 29.5 Å². The summed E-state index contributed by atoms with van der Waals surface area (Å²) in [5.41, 5.74) is 2.14. The lowest BCUT2D eigenvalue weighted by atomic mass is 10.1. The van der Waals surface area contributed by atoms with Crippen LogP contribution in [0.3, 0.4) is 0 Å². The molecule has 0 spiro atoms. The molecule has 1 amide bonds. The highest BCUT2D eigenvalue weighted by molar-refractivity contribution is 5.95. The molecule has 2 atom stereocenters. The van der Waals surface area contributed by atoms with Crippen molar-refractivity contribution < 1.29 is 9.53 Å². The number of hydrogen-bond donors (Lipinski definition) is 0. The summed E-state index contributed by atoms with van der Waals surface area (Å²) in [6, 6.07) is 10.4. The lowest BCUT2D eigenvalue weighted by Crippen LogP contribution is -2.43. The molecule has 1 aliphatic carbocycles. The molecule has 3 nitrogen and oxygen atoms in total. The van der Waals surface area contributed by atoms with Crippen molar-refractivity contribution in [2.75, 3.05) is 13.2 Å². The van der Waals surface area contributed by atoms with Gasteiger partial charge < -0.3 is 9.64 Å². The number of fused-ring (bicyclic) bond motifs is 1. The van der Waals surface area contributed by atoms with Crippen LogP contribution in [0.1, 0.15) is 38.2 Å². The Balaban J connectivity index is 1.77. The Morgan fingerprint density at radius 3 is 2.86 bits per heavy atom. The van der Waals surface area contributed by atoms with Crippen LogP contribution in [0.5, 0.6) is 0 Å². The minimum atomic E-state index is 0.138. The lowest BCUT2D eigenvalue weighted by molar-refractivity contribution is -0.129. The van der Waals surface area contributed by atoms with Gasteiger partial charge in [0, 0.05) is 19.2 Å². The van der Waals surface area contributed by atoms with Gasteiger partial charge in [0.1, 0.15) is 0 Å². The van der Waals surface area contributed by atoms with Crippen molar-refractivity contribution >= 4 is 11.5 Å². The molecule has 0 unspecified atom stereocenters. The van der Waals surface area contributed by atoms with Crippen molar-refractivity contribution in [2.45, 2.75) is 44.8 Å². The fraction of sp³-hybridized carbons (Fsp3) is 0.500. The molecule has 0 radical (unpaired) electrons. The molecule has 1 heterocycles. The third-order valence-corrected chi connectivity index (χ3v) is 4.55. The van der Waals surface area contributed by atoms with Gasteiger partial charge in [0.2, 0.25) is 5.91 Å². The van der Waals surface area contributed by atoms with Crippen LogP contribution in [0.15, 0.2) is 36.4 Å². The van der Waals surface area contributed by atoms with Gasteiger partial charge in [-0.05, 0) is 43.7 Å². The highest BCUT2D eigenvalue weighted by Crippen LogP contribution is 2.29. The second kappa shape index (κ2) is 6.44. The molecule has 0 bridgehead atoms. The summed E-state index contributed by atoms with van der Waals surface area (Å²) >= 11 is 0. The number of allylic oxidation sites excluding steroid dienone is 1. The molecule has 1 aliphatic heterocycles. The Labute approximate surface area is 126 Å². The molecule has 0 aromatic heterocycles. The second-order valence-electron chi connectivity index (χ2n) is 5.99. The summed E-state index contributed by atoms with van der Waals surface area (Å²) < 4.78 is 5.88. The summed E-state index contributed by atoms with van der Waals surface area (Å²) in [6.45, 7) is 3.61. The number of nitrogens with zero attached hydrogens (tertiary/aromatic N) is 1. The molecule has 1 saturated heterocycles. The average Bonchev–Trinajstić information content (AvgIpc) is 2.87. The predicted octanol–water partition coefficient (Wildman–Crippen LogP) is 3.26. The molecule has 3 rings (SSSR count). The molecule has 1 aromatic rings. The van der Waals surface area contributed by atoms with Crippen molar-refractivity contribution in [1.29, 1.82) is 0 Å². The Kier molecular flexibility index (Phi) is 4.39. The van der Waals surface area contributed by atoms with E-state index in [1.807, 2.05) is 42.2 Å². The summed E-state index contributed by atoms with van der Waals surface area (Å²) in [6.07, 6.45) is 6.32. The van der Waals surface area contributed by atoms with Crippen LogP contribution >= 0.6 is 0 Å². The van der Waals surface area contributed by atoms with Crippen molar-refractivity contribution in [3.8, 4) is 0 Å². The van der Waals surface area contributed by atoms with Gasteiger partial charge in [0.15, 0.2) is 0 Å². The van der Waals surface area contributed by atoms with Crippen molar-refractivity contribution in [3.05, 3.63) is 42.0 Å². The summed E-state index contributed by atoms with van der Waals surface area (Å²) in [5.74, 6) is 0.138. The van der Waals surface area contributed by atoms with E-state index in [-0.39, 0.29) is 18.1 Å². The van der Waals surface area contributed by atoms with Crippen LogP contribution in [0.25, 0.3) is 5.57 Å². The third-order valence-electron chi connectivity index (χ3n) is 4.55. The maximum Gasteiger partial charge on any atom is 0.247 e. The van der Waals surface area contributed by atoms with Gasteiger partial charge in [-0.3, -0.25) is 4.79 Å². The van der Waals surface area contributed by atoms with E-state index in [0.29, 0.717) is 0 Å².